The lowest BCUT2D eigenvalue weighted by atomic mass is 10.0. The molecule has 0 saturated carbocycles. The van der Waals surface area contributed by atoms with E-state index in [0.29, 0.717) is 31.8 Å². The molecule has 1 aliphatic heterocycles. The molecular weight excluding hydrogens is 505 g/mol. The average molecular weight is 539 g/mol. The number of ether oxygens (including phenoxy) is 2. The molecule has 7 heteroatoms. The highest BCUT2D eigenvalue weighted by Crippen LogP contribution is 2.15. The van der Waals surface area contributed by atoms with Gasteiger partial charge in [0.15, 0.2) is 5.96 Å². The topological polar surface area (TPSA) is 75.1 Å². The van der Waals surface area contributed by atoms with Gasteiger partial charge in [0.25, 0.3) is 0 Å². The standard InChI is InChI=1S/C24H33N3O3.HI/c1-25-24(27-16-22(17-28)21-8-3-2-4-9-21)26-15-19-6-5-7-20(14-19)18-30-23-10-12-29-13-11-23;/h2-9,14,22-23,28H,10-13,15-18H2,1H3,(H2,25,26,27);1H. The monoisotopic (exact) mass is 539 g/mol. The van der Waals surface area contributed by atoms with Crippen molar-refractivity contribution < 1.29 is 14.6 Å². The van der Waals surface area contributed by atoms with Gasteiger partial charge in [0.2, 0.25) is 0 Å². The fourth-order valence-electron chi connectivity index (χ4n) is 3.53. The molecule has 0 aliphatic carbocycles. The van der Waals surface area contributed by atoms with Crippen LogP contribution in [-0.4, -0.2) is 50.6 Å². The summed E-state index contributed by atoms with van der Waals surface area (Å²) in [6, 6.07) is 18.5. The number of halogens is 1. The molecule has 0 radical (unpaired) electrons. The minimum Gasteiger partial charge on any atom is -0.396 e. The van der Waals surface area contributed by atoms with Crippen LogP contribution in [0.2, 0.25) is 0 Å². The van der Waals surface area contributed by atoms with Crippen LogP contribution in [0.15, 0.2) is 59.6 Å². The Balaban J connectivity index is 0.00000341. The summed E-state index contributed by atoms with van der Waals surface area (Å²) in [5.74, 6) is 0.739. The maximum absolute atomic E-state index is 9.73. The molecule has 0 bridgehead atoms. The molecule has 1 aliphatic rings. The summed E-state index contributed by atoms with van der Waals surface area (Å²) in [5, 5.41) is 16.4. The van der Waals surface area contributed by atoms with Gasteiger partial charge in [-0.25, -0.2) is 0 Å². The predicted molar refractivity (Wildman–Crippen MR) is 135 cm³/mol. The van der Waals surface area contributed by atoms with E-state index in [1.165, 1.54) is 11.1 Å². The second kappa shape index (κ2) is 14.4. The van der Waals surface area contributed by atoms with E-state index >= 15 is 0 Å². The lowest BCUT2D eigenvalue weighted by molar-refractivity contribution is -0.0390. The molecule has 1 unspecified atom stereocenters. The van der Waals surface area contributed by atoms with Crippen LogP contribution in [-0.2, 0) is 22.6 Å². The second-order valence-corrected chi connectivity index (χ2v) is 7.54. The van der Waals surface area contributed by atoms with Crippen molar-refractivity contribution in [3.05, 3.63) is 71.3 Å². The first kappa shape index (κ1) is 25.6. The number of aliphatic imine (C=N–C) groups is 1. The molecule has 0 spiro atoms. The summed E-state index contributed by atoms with van der Waals surface area (Å²) in [4.78, 5) is 4.30. The van der Waals surface area contributed by atoms with Gasteiger partial charge < -0.3 is 25.2 Å². The van der Waals surface area contributed by atoms with E-state index in [0.717, 1.165) is 31.6 Å². The number of aliphatic hydroxyl groups excluding tert-OH is 1. The van der Waals surface area contributed by atoms with Crippen molar-refractivity contribution >= 4 is 29.9 Å². The first-order chi connectivity index (χ1) is 14.8. The first-order valence-electron chi connectivity index (χ1n) is 10.7. The number of nitrogens with one attached hydrogen (secondary N) is 2. The van der Waals surface area contributed by atoms with Gasteiger partial charge in [-0.15, -0.1) is 24.0 Å². The van der Waals surface area contributed by atoms with Crippen molar-refractivity contribution in [1.29, 1.82) is 0 Å². The molecule has 1 saturated heterocycles. The molecule has 2 aromatic carbocycles. The molecule has 2 aromatic rings. The fraction of sp³-hybridized carbons (Fsp3) is 0.458. The van der Waals surface area contributed by atoms with Gasteiger partial charge >= 0.3 is 0 Å². The van der Waals surface area contributed by atoms with Crippen LogP contribution in [0.5, 0.6) is 0 Å². The number of benzene rings is 2. The van der Waals surface area contributed by atoms with Gasteiger partial charge in [-0.05, 0) is 29.5 Å². The lowest BCUT2D eigenvalue weighted by Gasteiger charge is -2.22. The van der Waals surface area contributed by atoms with E-state index in [-0.39, 0.29) is 36.5 Å². The van der Waals surface area contributed by atoms with Gasteiger partial charge in [0.05, 0.1) is 19.3 Å². The quantitative estimate of drug-likeness (QED) is 0.259. The predicted octanol–water partition coefficient (Wildman–Crippen LogP) is 3.44. The highest BCUT2D eigenvalue weighted by Gasteiger charge is 2.14. The first-order valence-corrected chi connectivity index (χ1v) is 10.7. The Hall–Kier alpha value is -1.68. The molecule has 31 heavy (non-hydrogen) atoms. The molecule has 6 nitrogen and oxygen atoms in total. The van der Waals surface area contributed by atoms with Gasteiger partial charge in [-0.1, -0.05) is 54.6 Å². The SMILES string of the molecule is CN=C(NCc1cccc(COC2CCOCC2)c1)NCC(CO)c1ccccc1.I. The summed E-state index contributed by atoms with van der Waals surface area (Å²) in [6.45, 7) is 3.58. The van der Waals surface area contributed by atoms with Crippen LogP contribution in [0.25, 0.3) is 0 Å². The molecule has 1 heterocycles. The van der Waals surface area contributed by atoms with Gasteiger partial charge in [-0.3, -0.25) is 4.99 Å². The Bertz CT molecular complexity index is 783. The van der Waals surface area contributed by atoms with Crippen LogP contribution in [0.3, 0.4) is 0 Å². The Morgan fingerprint density at radius 2 is 1.84 bits per heavy atom. The third kappa shape index (κ3) is 8.76. The fourth-order valence-corrected chi connectivity index (χ4v) is 3.53. The zero-order valence-corrected chi connectivity index (χ0v) is 20.5. The number of guanidine groups is 1. The summed E-state index contributed by atoms with van der Waals surface area (Å²) in [5.41, 5.74) is 3.46. The Labute approximate surface area is 202 Å². The normalized spacial score (nSPS) is 15.7. The summed E-state index contributed by atoms with van der Waals surface area (Å²) < 4.78 is 11.4. The van der Waals surface area contributed by atoms with E-state index in [4.69, 9.17) is 9.47 Å². The maximum Gasteiger partial charge on any atom is 0.191 e. The molecule has 3 N–H and O–H groups in total. The van der Waals surface area contributed by atoms with E-state index in [9.17, 15) is 5.11 Å². The third-order valence-electron chi connectivity index (χ3n) is 5.34. The van der Waals surface area contributed by atoms with Crippen molar-refractivity contribution in [1.82, 2.24) is 10.6 Å². The largest absolute Gasteiger partial charge is 0.396 e. The van der Waals surface area contributed by atoms with Crippen LogP contribution in [0, 0.1) is 0 Å². The summed E-state index contributed by atoms with van der Waals surface area (Å²) >= 11 is 0. The van der Waals surface area contributed by atoms with Gasteiger partial charge in [0, 0.05) is 39.3 Å². The third-order valence-corrected chi connectivity index (χ3v) is 5.34. The van der Waals surface area contributed by atoms with Crippen molar-refractivity contribution in [2.24, 2.45) is 4.99 Å². The number of hydrogen-bond acceptors (Lipinski definition) is 4. The Kier molecular flexibility index (Phi) is 11.9. The van der Waals surface area contributed by atoms with E-state index in [1.54, 1.807) is 7.05 Å². The molecule has 0 amide bonds. The highest BCUT2D eigenvalue weighted by atomic mass is 127. The van der Waals surface area contributed by atoms with E-state index < -0.39 is 0 Å². The summed E-state index contributed by atoms with van der Waals surface area (Å²) in [6.07, 6.45) is 2.25. The number of nitrogens with zero attached hydrogens (tertiary/aromatic N) is 1. The smallest absolute Gasteiger partial charge is 0.191 e. The minimum atomic E-state index is 0. The van der Waals surface area contributed by atoms with Gasteiger partial charge in [-0.2, -0.15) is 0 Å². The zero-order valence-electron chi connectivity index (χ0n) is 18.1. The Morgan fingerprint density at radius 1 is 1.10 bits per heavy atom. The molecule has 1 fully saturated rings. The van der Waals surface area contributed by atoms with Crippen LogP contribution >= 0.6 is 24.0 Å². The second-order valence-electron chi connectivity index (χ2n) is 7.54. The van der Waals surface area contributed by atoms with Crippen molar-refractivity contribution in [2.45, 2.75) is 38.0 Å². The van der Waals surface area contributed by atoms with Crippen molar-refractivity contribution in [3.63, 3.8) is 0 Å². The maximum atomic E-state index is 9.73. The van der Waals surface area contributed by atoms with Crippen LogP contribution in [0.4, 0.5) is 0 Å². The molecule has 170 valence electrons. The number of aliphatic hydroxyl groups is 1. The van der Waals surface area contributed by atoms with E-state index in [2.05, 4.69) is 39.9 Å². The van der Waals surface area contributed by atoms with Crippen molar-refractivity contribution in [3.8, 4) is 0 Å². The van der Waals surface area contributed by atoms with E-state index in [1.807, 2.05) is 30.3 Å². The number of rotatable bonds is 9. The van der Waals surface area contributed by atoms with Crippen LogP contribution < -0.4 is 10.6 Å². The highest BCUT2D eigenvalue weighted by molar-refractivity contribution is 14.0. The lowest BCUT2D eigenvalue weighted by Crippen LogP contribution is -2.39. The van der Waals surface area contributed by atoms with Gasteiger partial charge in [0.1, 0.15) is 0 Å². The summed E-state index contributed by atoms with van der Waals surface area (Å²) in [7, 11) is 1.75. The van der Waals surface area contributed by atoms with Crippen molar-refractivity contribution in [2.75, 3.05) is 33.4 Å². The number of hydrogen-bond donors (Lipinski definition) is 3. The molecule has 0 aromatic heterocycles. The minimum absolute atomic E-state index is 0. The molecule has 3 rings (SSSR count). The Morgan fingerprint density at radius 3 is 2.55 bits per heavy atom. The van der Waals surface area contributed by atoms with Crippen LogP contribution in [0.1, 0.15) is 35.4 Å². The average Bonchev–Trinajstić information content (AvgIpc) is 2.81. The zero-order chi connectivity index (χ0) is 21.0. The molecule has 1 atom stereocenters. The molecular formula is C24H34IN3O3.